The fourth-order valence-electron chi connectivity index (χ4n) is 3.84. The first-order valence-electron chi connectivity index (χ1n) is 9.48. The van der Waals surface area contributed by atoms with E-state index in [0.717, 1.165) is 56.6 Å². The molecule has 3 rings (SSSR count). The Morgan fingerprint density at radius 1 is 1.27 bits per heavy atom. The summed E-state index contributed by atoms with van der Waals surface area (Å²) < 4.78 is 5.32. The number of carbonyl (C=O) groups excluding carboxylic acids is 2. The van der Waals surface area contributed by atoms with Crippen LogP contribution in [0.3, 0.4) is 0 Å². The molecule has 5 nitrogen and oxygen atoms in total. The number of unbranched alkanes of at least 4 members (excludes halogenated alkanes) is 2. The van der Waals surface area contributed by atoms with Gasteiger partial charge in [-0.25, -0.2) is 0 Å². The van der Waals surface area contributed by atoms with Crippen molar-refractivity contribution in [3.63, 3.8) is 0 Å². The molecule has 6 heteroatoms. The SMILES string of the molecule is CCCCCC(=O)N1CCC2(CC1)SCC(=O)N2c1cccc(OC)c1. The average molecular weight is 377 g/mol. The minimum atomic E-state index is -0.232. The Morgan fingerprint density at radius 3 is 2.73 bits per heavy atom. The van der Waals surface area contributed by atoms with Crippen molar-refractivity contribution in [2.24, 2.45) is 0 Å². The second-order valence-corrected chi connectivity index (χ2v) is 8.34. The van der Waals surface area contributed by atoms with Gasteiger partial charge in [-0.05, 0) is 31.4 Å². The Hall–Kier alpha value is -1.69. The number of ether oxygens (including phenoxy) is 1. The molecule has 0 saturated carbocycles. The normalized spacial score (nSPS) is 19.2. The number of thioether (sulfide) groups is 1. The van der Waals surface area contributed by atoms with Crippen LogP contribution in [0, 0.1) is 0 Å². The van der Waals surface area contributed by atoms with Crippen LogP contribution in [-0.2, 0) is 9.59 Å². The minimum Gasteiger partial charge on any atom is -0.497 e. The number of nitrogens with zero attached hydrogens (tertiary/aromatic N) is 2. The van der Waals surface area contributed by atoms with Crippen molar-refractivity contribution < 1.29 is 14.3 Å². The third-order valence-corrected chi connectivity index (χ3v) is 6.84. The van der Waals surface area contributed by atoms with E-state index in [1.54, 1.807) is 18.9 Å². The van der Waals surface area contributed by atoms with Gasteiger partial charge in [-0.2, -0.15) is 0 Å². The summed E-state index contributed by atoms with van der Waals surface area (Å²) in [4.78, 5) is 28.7. The van der Waals surface area contributed by atoms with Crippen LogP contribution in [0.5, 0.6) is 5.75 Å². The molecule has 142 valence electrons. The molecule has 26 heavy (non-hydrogen) atoms. The molecule has 0 aromatic heterocycles. The van der Waals surface area contributed by atoms with E-state index in [1.165, 1.54) is 0 Å². The molecule has 2 heterocycles. The zero-order valence-corrected chi connectivity index (χ0v) is 16.5. The molecule has 2 aliphatic heterocycles. The lowest BCUT2D eigenvalue weighted by molar-refractivity contribution is -0.132. The highest BCUT2D eigenvalue weighted by Crippen LogP contribution is 2.47. The second kappa shape index (κ2) is 8.33. The number of amides is 2. The van der Waals surface area contributed by atoms with Gasteiger partial charge in [-0.3, -0.25) is 14.5 Å². The molecule has 1 aromatic carbocycles. The molecular formula is C20H28N2O3S. The number of likely N-dealkylation sites (tertiary alicyclic amines) is 1. The predicted octanol–water partition coefficient (Wildman–Crippen LogP) is 3.67. The lowest BCUT2D eigenvalue weighted by Crippen LogP contribution is -2.53. The predicted molar refractivity (Wildman–Crippen MR) is 106 cm³/mol. The summed E-state index contributed by atoms with van der Waals surface area (Å²) in [5.41, 5.74) is 0.891. The third kappa shape index (κ3) is 3.85. The first-order valence-corrected chi connectivity index (χ1v) is 10.5. The van der Waals surface area contributed by atoms with Crippen molar-refractivity contribution in [2.75, 3.05) is 30.9 Å². The molecule has 2 fully saturated rings. The van der Waals surface area contributed by atoms with E-state index >= 15 is 0 Å². The standard InChI is InChI=1S/C20H28N2O3S/c1-3-4-5-9-18(23)21-12-10-20(11-13-21)22(19(24)15-26-20)16-7-6-8-17(14-16)25-2/h6-8,14H,3-5,9-13,15H2,1-2H3. The van der Waals surface area contributed by atoms with Gasteiger partial charge in [-0.15, -0.1) is 11.8 Å². The van der Waals surface area contributed by atoms with Crippen molar-refractivity contribution >= 4 is 29.3 Å². The van der Waals surface area contributed by atoms with Crippen LogP contribution in [0.4, 0.5) is 5.69 Å². The molecule has 0 atom stereocenters. The van der Waals surface area contributed by atoms with Gasteiger partial charge in [0.1, 0.15) is 5.75 Å². The summed E-state index contributed by atoms with van der Waals surface area (Å²) in [6.07, 6.45) is 5.50. The molecule has 0 N–H and O–H groups in total. The fourth-order valence-corrected chi connectivity index (χ4v) is 5.17. The number of benzene rings is 1. The van der Waals surface area contributed by atoms with E-state index < -0.39 is 0 Å². The molecule has 0 radical (unpaired) electrons. The molecule has 0 aliphatic carbocycles. The Balaban J connectivity index is 1.70. The third-order valence-electron chi connectivity index (χ3n) is 5.32. The van der Waals surface area contributed by atoms with Crippen LogP contribution in [0.15, 0.2) is 24.3 Å². The first-order chi connectivity index (χ1) is 12.6. The highest BCUT2D eigenvalue weighted by atomic mass is 32.2. The number of hydrogen-bond acceptors (Lipinski definition) is 4. The smallest absolute Gasteiger partial charge is 0.238 e. The maximum atomic E-state index is 12.6. The van der Waals surface area contributed by atoms with Crippen molar-refractivity contribution in [2.45, 2.75) is 50.3 Å². The van der Waals surface area contributed by atoms with E-state index in [4.69, 9.17) is 4.74 Å². The van der Waals surface area contributed by atoms with Gasteiger partial charge in [0.05, 0.1) is 17.7 Å². The Labute approximate surface area is 160 Å². The molecule has 1 spiro atoms. The fraction of sp³-hybridized carbons (Fsp3) is 0.600. The number of hydrogen-bond donors (Lipinski definition) is 0. The average Bonchev–Trinajstić information content (AvgIpc) is 2.98. The minimum absolute atomic E-state index is 0.144. The molecule has 0 bridgehead atoms. The number of anilines is 1. The first kappa shape index (κ1) is 19.1. The summed E-state index contributed by atoms with van der Waals surface area (Å²) in [5.74, 6) is 1.66. The summed E-state index contributed by atoms with van der Waals surface area (Å²) in [5, 5.41) is 0. The van der Waals surface area contributed by atoms with Crippen LogP contribution in [0.1, 0.15) is 45.4 Å². The molecule has 2 aliphatic rings. The van der Waals surface area contributed by atoms with Crippen LogP contribution >= 0.6 is 11.8 Å². The van der Waals surface area contributed by atoms with Gasteiger partial charge >= 0.3 is 0 Å². The van der Waals surface area contributed by atoms with Gasteiger partial charge in [0.15, 0.2) is 0 Å². The maximum absolute atomic E-state index is 12.6. The molecule has 2 amide bonds. The summed E-state index contributed by atoms with van der Waals surface area (Å²) in [7, 11) is 1.64. The zero-order valence-electron chi connectivity index (χ0n) is 15.7. The van der Waals surface area contributed by atoms with Gasteiger partial charge in [0.2, 0.25) is 11.8 Å². The zero-order chi connectivity index (χ0) is 18.6. The number of rotatable bonds is 6. The molecule has 1 aromatic rings. The Morgan fingerprint density at radius 2 is 2.04 bits per heavy atom. The largest absolute Gasteiger partial charge is 0.497 e. The summed E-state index contributed by atoms with van der Waals surface area (Å²) in [6, 6.07) is 7.70. The van der Waals surface area contributed by atoms with Crippen molar-refractivity contribution in [1.82, 2.24) is 4.90 Å². The number of carbonyl (C=O) groups is 2. The Kier molecular flexibility index (Phi) is 6.12. The quantitative estimate of drug-likeness (QED) is 0.711. The van der Waals surface area contributed by atoms with Gasteiger partial charge in [0.25, 0.3) is 0 Å². The van der Waals surface area contributed by atoms with E-state index in [1.807, 2.05) is 34.1 Å². The lowest BCUT2D eigenvalue weighted by Gasteiger charge is -2.44. The maximum Gasteiger partial charge on any atom is 0.238 e. The molecular weight excluding hydrogens is 348 g/mol. The van der Waals surface area contributed by atoms with Gasteiger partial charge in [-0.1, -0.05) is 25.8 Å². The Bertz CT molecular complexity index is 656. The highest BCUT2D eigenvalue weighted by molar-refractivity contribution is 8.02. The van der Waals surface area contributed by atoms with Gasteiger partial charge < -0.3 is 9.64 Å². The van der Waals surface area contributed by atoms with Crippen LogP contribution < -0.4 is 9.64 Å². The van der Waals surface area contributed by atoms with Crippen LogP contribution in [0.2, 0.25) is 0 Å². The molecule has 2 saturated heterocycles. The monoisotopic (exact) mass is 376 g/mol. The highest BCUT2D eigenvalue weighted by Gasteiger charge is 2.49. The van der Waals surface area contributed by atoms with Crippen LogP contribution in [0.25, 0.3) is 0 Å². The topological polar surface area (TPSA) is 49.9 Å². The van der Waals surface area contributed by atoms with Crippen LogP contribution in [-0.4, -0.2) is 47.5 Å². The lowest BCUT2D eigenvalue weighted by atomic mass is 10.0. The summed E-state index contributed by atoms with van der Waals surface area (Å²) >= 11 is 1.72. The van der Waals surface area contributed by atoms with Crippen molar-refractivity contribution in [3.8, 4) is 5.75 Å². The van der Waals surface area contributed by atoms with Gasteiger partial charge in [0, 0.05) is 31.3 Å². The summed E-state index contributed by atoms with van der Waals surface area (Å²) in [6.45, 7) is 3.61. The van der Waals surface area contributed by atoms with E-state index in [0.29, 0.717) is 12.2 Å². The van der Waals surface area contributed by atoms with E-state index in [-0.39, 0.29) is 16.7 Å². The number of methoxy groups -OCH3 is 1. The van der Waals surface area contributed by atoms with E-state index in [2.05, 4.69) is 6.92 Å². The van der Waals surface area contributed by atoms with E-state index in [9.17, 15) is 9.59 Å². The molecule has 0 unspecified atom stereocenters. The number of piperidine rings is 1. The van der Waals surface area contributed by atoms with Crippen molar-refractivity contribution in [1.29, 1.82) is 0 Å². The van der Waals surface area contributed by atoms with Crippen molar-refractivity contribution in [3.05, 3.63) is 24.3 Å². The second-order valence-electron chi connectivity index (χ2n) is 7.00.